The highest BCUT2D eigenvalue weighted by Gasteiger charge is 2.06. The summed E-state index contributed by atoms with van der Waals surface area (Å²) in [5, 5.41) is 6.85. The molecule has 0 fully saturated rings. The monoisotopic (exact) mass is 530 g/mol. The summed E-state index contributed by atoms with van der Waals surface area (Å²) < 4.78 is 5.87. The van der Waals surface area contributed by atoms with Crippen molar-refractivity contribution in [3.63, 3.8) is 0 Å². The number of aryl methyl sites for hydroxylation is 1. The minimum atomic E-state index is 0. The fourth-order valence-corrected chi connectivity index (χ4v) is 3.10. The summed E-state index contributed by atoms with van der Waals surface area (Å²) in [4.78, 5) is 8.64. The predicted octanol–water partition coefficient (Wildman–Crippen LogP) is 4.96. The van der Waals surface area contributed by atoms with Gasteiger partial charge in [0.15, 0.2) is 5.96 Å². The molecule has 0 bridgehead atoms. The van der Waals surface area contributed by atoms with E-state index in [9.17, 15) is 0 Å². The van der Waals surface area contributed by atoms with E-state index in [0.717, 1.165) is 35.8 Å². The lowest BCUT2D eigenvalue weighted by Gasteiger charge is -2.18. The number of pyridine rings is 1. The molecule has 5 nitrogen and oxygen atoms in total. The zero-order chi connectivity index (χ0) is 21.0. The first kappa shape index (κ1) is 24.7. The number of aromatic nitrogens is 1. The van der Waals surface area contributed by atoms with Crippen LogP contribution in [0, 0.1) is 0 Å². The lowest BCUT2D eigenvalue weighted by Crippen LogP contribution is -2.42. The molecule has 1 atom stereocenters. The van der Waals surface area contributed by atoms with Gasteiger partial charge in [-0.2, -0.15) is 0 Å². The molecule has 0 spiro atoms. The Morgan fingerprint density at radius 3 is 2.52 bits per heavy atom. The van der Waals surface area contributed by atoms with Crippen molar-refractivity contribution in [3.05, 3.63) is 95.8 Å². The molecule has 0 radical (unpaired) electrons. The number of hydrogen-bond acceptors (Lipinski definition) is 3. The quantitative estimate of drug-likeness (QED) is 0.233. The first-order chi connectivity index (χ1) is 14.7. The topological polar surface area (TPSA) is 58.5 Å². The third-order valence-corrected chi connectivity index (χ3v) is 4.79. The predicted molar refractivity (Wildman–Crippen MR) is 138 cm³/mol. The number of rotatable bonds is 9. The van der Waals surface area contributed by atoms with Crippen molar-refractivity contribution >= 4 is 29.9 Å². The van der Waals surface area contributed by atoms with Gasteiger partial charge in [-0.1, -0.05) is 48.5 Å². The van der Waals surface area contributed by atoms with E-state index in [1.165, 1.54) is 5.56 Å². The van der Waals surface area contributed by atoms with Gasteiger partial charge in [0, 0.05) is 25.8 Å². The molecular weight excluding hydrogens is 499 g/mol. The lowest BCUT2D eigenvalue weighted by molar-refractivity contribution is 0.301. The summed E-state index contributed by atoms with van der Waals surface area (Å²) in [7, 11) is 1.80. The number of hydrogen-bond donors (Lipinski definition) is 2. The second-order valence-corrected chi connectivity index (χ2v) is 7.25. The smallest absolute Gasteiger partial charge is 0.191 e. The van der Waals surface area contributed by atoms with Crippen molar-refractivity contribution in [3.8, 4) is 5.75 Å². The molecule has 0 amide bonds. The molecule has 6 heteroatoms. The van der Waals surface area contributed by atoms with Crippen LogP contribution in [0.5, 0.6) is 5.75 Å². The van der Waals surface area contributed by atoms with Crippen LogP contribution in [-0.2, 0) is 19.6 Å². The number of nitrogens with one attached hydrogen (secondary N) is 2. The minimum absolute atomic E-state index is 0. The van der Waals surface area contributed by atoms with Gasteiger partial charge in [0.05, 0.1) is 5.69 Å². The molecule has 0 aliphatic carbocycles. The highest BCUT2D eigenvalue weighted by molar-refractivity contribution is 14.0. The van der Waals surface area contributed by atoms with Gasteiger partial charge >= 0.3 is 0 Å². The summed E-state index contributed by atoms with van der Waals surface area (Å²) >= 11 is 0. The number of nitrogens with zero attached hydrogens (tertiary/aromatic N) is 2. The highest BCUT2D eigenvalue weighted by atomic mass is 127. The Labute approximate surface area is 202 Å². The Bertz CT molecular complexity index is 919. The van der Waals surface area contributed by atoms with Crippen LogP contribution in [0.4, 0.5) is 0 Å². The Kier molecular flexibility index (Phi) is 10.9. The van der Waals surface area contributed by atoms with Crippen molar-refractivity contribution in [1.29, 1.82) is 0 Å². The maximum atomic E-state index is 5.87. The van der Waals surface area contributed by atoms with Gasteiger partial charge in [-0.15, -0.1) is 24.0 Å². The molecule has 0 aliphatic heterocycles. The second-order valence-electron chi connectivity index (χ2n) is 7.25. The van der Waals surface area contributed by atoms with Gasteiger partial charge in [-0.3, -0.25) is 9.98 Å². The number of aliphatic imine (C=N–C) groups is 1. The first-order valence-corrected chi connectivity index (χ1v) is 10.4. The van der Waals surface area contributed by atoms with Crippen LogP contribution < -0.4 is 15.4 Å². The van der Waals surface area contributed by atoms with Crippen molar-refractivity contribution in [1.82, 2.24) is 15.6 Å². The number of ether oxygens (including phenoxy) is 1. The van der Waals surface area contributed by atoms with E-state index in [0.29, 0.717) is 19.2 Å². The zero-order valence-electron chi connectivity index (χ0n) is 18.1. The van der Waals surface area contributed by atoms with Gasteiger partial charge in [0.1, 0.15) is 12.4 Å². The normalized spacial score (nSPS) is 11.9. The summed E-state index contributed by atoms with van der Waals surface area (Å²) in [6, 6.07) is 24.8. The van der Waals surface area contributed by atoms with Gasteiger partial charge in [-0.25, -0.2) is 0 Å². The molecule has 0 saturated heterocycles. The molecule has 1 aromatic heterocycles. The molecule has 3 rings (SSSR count). The zero-order valence-corrected chi connectivity index (χ0v) is 20.5. The molecule has 2 N–H and O–H groups in total. The molecule has 1 unspecified atom stereocenters. The average molecular weight is 530 g/mol. The van der Waals surface area contributed by atoms with Gasteiger partial charge in [-0.05, 0) is 55.2 Å². The molecule has 1 heterocycles. The molecule has 0 aliphatic rings. The van der Waals surface area contributed by atoms with E-state index < -0.39 is 0 Å². The molecule has 3 aromatic rings. The third kappa shape index (κ3) is 8.96. The van der Waals surface area contributed by atoms with Crippen LogP contribution in [-0.4, -0.2) is 24.0 Å². The molecule has 2 aromatic carbocycles. The van der Waals surface area contributed by atoms with Gasteiger partial charge in [0.2, 0.25) is 0 Å². The van der Waals surface area contributed by atoms with Crippen molar-refractivity contribution < 1.29 is 4.74 Å². The SMILES string of the molecule is CN=C(NCc1cccc(OCc2ccccn2)c1)NC(C)CCc1ccccc1.I. The largest absolute Gasteiger partial charge is 0.487 e. The van der Waals surface area contributed by atoms with Crippen molar-refractivity contribution in [2.24, 2.45) is 4.99 Å². The van der Waals surface area contributed by atoms with Crippen molar-refractivity contribution in [2.45, 2.75) is 39.0 Å². The third-order valence-electron chi connectivity index (χ3n) is 4.79. The van der Waals surface area contributed by atoms with E-state index in [-0.39, 0.29) is 24.0 Å². The molecule has 31 heavy (non-hydrogen) atoms. The summed E-state index contributed by atoms with van der Waals surface area (Å²) in [6.45, 7) is 3.31. The van der Waals surface area contributed by atoms with E-state index in [1.54, 1.807) is 13.2 Å². The summed E-state index contributed by atoms with van der Waals surface area (Å²) in [5.74, 6) is 1.63. The Hall–Kier alpha value is -2.61. The molecule has 0 saturated carbocycles. The fourth-order valence-electron chi connectivity index (χ4n) is 3.10. The maximum absolute atomic E-state index is 5.87. The first-order valence-electron chi connectivity index (χ1n) is 10.4. The molecular formula is C25H31IN4O. The van der Waals surface area contributed by atoms with Crippen LogP contribution in [0.1, 0.15) is 30.2 Å². The van der Waals surface area contributed by atoms with E-state index in [4.69, 9.17) is 4.74 Å². The average Bonchev–Trinajstić information content (AvgIpc) is 2.80. The van der Waals surface area contributed by atoms with E-state index >= 15 is 0 Å². The van der Waals surface area contributed by atoms with Crippen LogP contribution >= 0.6 is 24.0 Å². The van der Waals surface area contributed by atoms with Crippen molar-refractivity contribution in [2.75, 3.05) is 7.05 Å². The Morgan fingerprint density at radius 1 is 1.00 bits per heavy atom. The Balaban J connectivity index is 0.00000341. The van der Waals surface area contributed by atoms with Crippen LogP contribution in [0.15, 0.2) is 84.0 Å². The lowest BCUT2D eigenvalue weighted by atomic mass is 10.1. The van der Waals surface area contributed by atoms with Crippen LogP contribution in [0.2, 0.25) is 0 Å². The number of guanidine groups is 1. The Morgan fingerprint density at radius 2 is 1.77 bits per heavy atom. The van der Waals surface area contributed by atoms with Crippen LogP contribution in [0.25, 0.3) is 0 Å². The molecule has 164 valence electrons. The maximum Gasteiger partial charge on any atom is 0.191 e. The standard InChI is InChI=1S/C25H30N4O.HI/c1-20(14-15-21-9-4-3-5-10-21)29-25(26-2)28-18-22-11-8-13-24(17-22)30-19-23-12-6-7-16-27-23;/h3-13,16-17,20H,14-15,18-19H2,1-2H3,(H2,26,28,29);1H. The number of benzene rings is 2. The fraction of sp³-hybridized carbons (Fsp3) is 0.280. The second kappa shape index (κ2) is 13.6. The van der Waals surface area contributed by atoms with E-state index in [2.05, 4.69) is 63.9 Å². The summed E-state index contributed by atoms with van der Waals surface area (Å²) in [6.07, 6.45) is 3.86. The van der Waals surface area contributed by atoms with Gasteiger partial charge in [0.25, 0.3) is 0 Å². The number of halogens is 1. The van der Waals surface area contributed by atoms with E-state index in [1.807, 2.05) is 36.4 Å². The highest BCUT2D eigenvalue weighted by Crippen LogP contribution is 2.14. The summed E-state index contributed by atoms with van der Waals surface area (Å²) in [5.41, 5.74) is 3.40. The minimum Gasteiger partial charge on any atom is -0.487 e. The van der Waals surface area contributed by atoms with Gasteiger partial charge < -0.3 is 15.4 Å². The van der Waals surface area contributed by atoms with Crippen LogP contribution in [0.3, 0.4) is 0 Å².